The number of nitrogens with zero attached hydrogens (tertiary/aromatic N) is 2. The molecule has 4 rings (SSSR count). The zero-order valence-electron chi connectivity index (χ0n) is 18.2. The van der Waals surface area contributed by atoms with Gasteiger partial charge in [-0.25, -0.2) is 4.98 Å². The standard InChI is InChI=1S/C27H25F3N2S/c28-27(29,30)24-16-21(17-26-32-25(19-33-26)23-12-7-15-31-18-23)13-14-22(24)11-6-2-5-10-20-8-3-1-4-9-20/h1,3-4,7-9,12-16,18-19H,2,5-6,10-11,17H2. The fraction of sp³-hybridized carbons (Fsp3) is 0.259. The van der Waals surface area contributed by atoms with E-state index < -0.39 is 11.7 Å². The second-order valence-corrected chi connectivity index (χ2v) is 9.02. The largest absolute Gasteiger partial charge is 0.416 e. The highest BCUT2D eigenvalue weighted by Crippen LogP contribution is 2.34. The summed E-state index contributed by atoms with van der Waals surface area (Å²) in [5, 5.41) is 2.71. The lowest BCUT2D eigenvalue weighted by molar-refractivity contribution is -0.138. The molecule has 0 spiro atoms. The normalized spacial score (nSPS) is 11.6. The first-order valence-electron chi connectivity index (χ1n) is 11.1. The van der Waals surface area contributed by atoms with Gasteiger partial charge in [0.05, 0.1) is 16.3 Å². The molecule has 2 heterocycles. The van der Waals surface area contributed by atoms with Crippen LogP contribution in [0.2, 0.25) is 0 Å². The van der Waals surface area contributed by atoms with E-state index in [-0.39, 0.29) is 0 Å². The van der Waals surface area contributed by atoms with Crippen molar-refractivity contribution in [1.29, 1.82) is 0 Å². The van der Waals surface area contributed by atoms with Crippen LogP contribution in [0, 0.1) is 0 Å². The zero-order chi connectivity index (χ0) is 23.1. The van der Waals surface area contributed by atoms with Gasteiger partial charge in [-0.05, 0) is 60.6 Å². The number of thiazole rings is 1. The number of unbranched alkanes of at least 4 members (excludes halogenated alkanes) is 2. The van der Waals surface area contributed by atoms with E-state index in [9.17, 15) is 13.2 Å². The van der Waals surface area contributed by atoms with Crippen molar-refractivity contribution in [1.82, 2.24) is 9.97 Å². The average Bonchev–Trinajstić information content (AvgIpc) is 3.29. The summed E-state index contributed by atoms with van der Waals surface area (Å²) in [4.78, 5) is 8.68. The molecule has 2 aromatic carbocycles. The number of hydrogen-bond donors (Lipinski definition) is 0. The molecule has 2 aromatic heterocycles. The van der Waals surface area contributed by atoms with E-state index in [2.05, 4.69) is 22.1 Å². The minimum Gasteiger partial charge on any atom is -0.264 e. The molecule has 0 aliphatic rings. The minimum atomic E-state index is -4.36. The van der Waals surface area contributed by atoms with Gasteiger partial charge in [0.15, 0.2) is 0 Å². The third kappa shape index (κ3) is 6.51. The lowest BCUT2D eigenvalue weighted by atomic mass is 9.97. The van der Waals surface area contributed by atoms with Gasteiger partial charge in [0.2, 0.25) is 0 Å². The molecule has 33 heavy (non-hydrogen) atoms. The fourth-order valence-electron chi connectivity index (χ4n) is 3.90. The molecule has 0 bridgehead atoms. The van der Waals surface area contributed by atoms with Crippen LogP contribution in [0.15, 0.2) is 78.4 Å². The molecule has 170 valence electrons. The molecule has 6 heteroatoms. The molecular weight excluding hydrogens is 441 g/mol. The quantitative estimate of drug-likeness (QED) is 0.236. The van der Waals surface area contributed by atoms with Crippen LogP contribution in [0.4, 0.5) is 13.2 Å². The summed E-state index contributed by atoms with van der Waals surface area (Å²) in [6.07, 6.45) is 3.47. The van der Waals surface area contributed by atoms with Crippen molar-refractivity contribution >= 4 is 11.3 Å². The molecule has 0 saturated carbocycles. The number of aromatic nitrogens is 2. The first kappa shape index (κ1) is 23.2. The third-order valence-corrected chi connectivity index (χ3v) is 6.45. The Kier molecular flexibility index (Phi) is 7.55. The number of pyridine rings is 1. The number of hydrogen-bond acceptors (Lipinski definition) is 3. The second-order valence-electron chi connectivity index (χ2n) is 8.08. The zero-order valence-corrected chi connectivity index (χ0v) is 19.0. The maximum absolute atomic E-state index is 13.8. The fourth-order valence-corrected chi connectivity index (χ4v) is 4.73. The van der Waals surface area contributed by atoms with Crippen molar-refractivity contribution in [3.8, 4) is 11.3 Å². The summed E-state index contributed by atoms with van der Waals surface area (Å²) in [5.41, 5.74) is 3.45. The van der Waals surface area contributed by atoms with Gasteiger partial charge in [-0.15, -0.1) is 11.3 Å². The van der Waals surface area contributed by atoms with Crippen LogP contribution >= 0.6 is 11.3 Å². The van der Waals surface area contributed by atoms with Gasteiger partial charge in [-0.1, -0.05) is 48.9 Å². The van der Waals surface area contributed by atoms with Gasteiger partial charge in [-0.3, -0.25) is 4.98 Å². The number of alkyl halides is 3. The van der Waals surface area contributed by atoms with E-state index in [0.29, 0.717) is 24.0 Å². The lowest BCUT2D eigenvalue weighted by Gasteiger charge is -2.14. The molecule has 0 unspecified atom stereocenters. The molecule has 0 amide bonds. The molecule has 0 aliphatic carbocycles. The van der Waals surface area contributed by atoms with Crippen LogP contribution in [-0.4, -0.2) is 9.97 Å². The van der Waals surface area contributed by atoms with Crippen molar-refractivity contribution in [3.63, 3.8) is 0 Å². The third-order valence-electron chi connectivity index (χ3n) is 5.60. The topological polar surface area (TPSA) is 25.8 Å². The van der Waals surface area contributed by atoms with Crippen LogP contribution in [0.25, 0.3) is 11.3 Å². The van der Waals surface area contributed by atoms with E-state index in [1.54, 1.807) is 24.5 Å². The van der Waals surface area contributed by atoms with Gasteiger partial charge < -0.3 is 0 Å². The molecule has 0 aliphatic heterocycles. The predicted molar refractivity (Wildman–Crippen MR) is 127 cm³/mol. The molecule has 0 saturated heterocycles. The highest BCUT2D eigenvalue weighted by molar-refractivity contribution is 7.10. The van der Waals surface area contributed by atoms with Crippen LogP contribution < -0.4 is 0 Å². The Labute approximate surface area is 196 Å². The van der Waals surface area contributed by atoms with Crippen molar-refractivity contribution in [3.05, 3.63) is 106 Å². The van der Waals surface area contributed by atoms with E-state index in [1.807, 2.05) is 35.7 Å². The van der Waals surface area contributed by atoms with Crippen molar-refractivity contribution < 1.29 is 13.2 Å². The van der Waals surface area contributed by atoms with E-state index in [0.717, 1.165) is 41.9 Å². The van der Waals surface area contributed by atoms with E-state index in [1.165, 1.54) is 23.0 Å². The van der Waals surface area contributed by atoms with Crippen molar-refractivity contribution in [2.45, 2.75) is 44.7 Å². The summed E-state index contributed by atoms with van der Waals surface area (Å²) in [7, 11) is 0. The SMILES string of the molecule is FC(F)(F)c1cc(Cc2nc(-c3cccnc3)cs2)ccc1CCCCCc1ccccc1. The second kappa shape index (κ2) is 10.8. The maximum Gasteiger partial charge on any atom is 0.416 e. The van der Waals surface area contributed by atoms with Crippen LogP contribution in [-0.2, 0) is 25.4 Å². The summed E-state index contributed by atoms with van der Waals surface area (Å²) in [5.74, 6) is 0. The molecule has 0 atom stereocenters. The van der Waals surface area contributed by atoms with Crippen LogP contribution in [0.3, 0.4) is 0 Å². The first-order chi connectivity index (χ1) is 16.0. The predicted octanol–water partition coefficient (Wildman–Crippen LogP) is 7.77. The molecule has 4 aromatic rings. The Balaban J connectivity index is 1.39. The first-order valence-corrected chi connectivity index (χ1v) is 11.9. The number of halogens is 3. The lowest BCUT2D eigenvalue weighted by Crippen LogP contribution is -2.10. The van der Waals surface area contributed by atoms with Gasteiger partial charge >= 0.3 is 6.18 Å². The average molecular weight is 467 g/mol. The molecule has 0 fully saturated rings. The Morgan fingerprint density at radius 2 is 1.64 bits per heavy atom. The van der Waals surface area contributed by atoms with Gasteiger partial charge in [0.1, 0.15) is 0 Å². The monoisotopic (exact) mass is 466 g/mol. The van der Waals surface area contributed by atoms with Crippen LogP contribution in [0.1, 0.15) is 46.5 Å². The van der Waals surface area contributed by atoms with Gasteiger partial charge in [0, 0.05) is 29.8 Å². The van der Waals surface area contributed by atoms with Crippen LogP contribution in [0.5, 0.6) is 0 Å². The number of aryl methyl sites for hydroxylation is 2. The van der Waals surface area contributed by atoms with Crippen molar-refractivity contribution in [2.24, 2.45) is 0 Å². The summed E-state index contributed by atoms with van der Waals surface area (Å²) >= 11 is 1.45. The summed E-state index contributed by atoms with van der Waals surface area (Å²) in [6.45, 7) is 0. The number of rotatable bonds is 9. The molecule has 0 radical (unpaired) electrons. The Bertz CT molecular complexity index is 1150. The Hall–Kier alpha value is -2.99. The molecule has 0 N–H and O–H groups in total. The Morgan fingerprint density at radius 1 is 0.818 bits per heavy atom. The number of benzene rings is 2. The van der Waals surface area contributed by atoms with Gasteiger partial charge in [-0.2, -0.15) is 13.2 Å². The van der Waals surface area contributed by atoms with E-state index >= 15 is 0 Å². The highest BCUT2D eigenvalue weighted by atomic mass is 32.1. The highest BCUT2D eigenvalue weighted by Gasteiger charge is 2.33. The maximum atomic E-state index is 13.8. The summed E-state index contributed by atoms with van der Waals surface area (Å²) < 4.78 is 41.3. The molecular formula is C27H25F3N2S. The summed E-state index contributed by atoms with van der Waals surface area (Å²) in [6, 6.07) is 18.7. The van der Waals surface area contributed by atoms with Crippen molar-refractivity contribution in [2.75, 3.05) is 0 Å². The van der Waals surface area contributed by atoms with Gasteiger partial charge in [0.25, 0.3) is 0 Å². The smallest absolute Gasteiger partial charge is 0.264 e. The Morgan fingerprint density at radius 3 is 2.39 bits per heavy atom. The minimum absolute atomic E-state index is 0.376. The van der Waals surface area contributed by atoms with E-state index in [4.69, 9.17) is 0 Å². The molecule has 2 nitrogen and oxygen atoms in total.